The smallest absolute Gasteiger partial charge is 0.337 e. The van der Waals surface area contributed by atoms with Crippen molar-refractivity contribution in [2.45, 2.75) is 32.6 Å². The number of nitrogens with one attached hydrogen (secondary N) is 1. The topological polar surface area (TPSA) is 92.4 Å². The Balaban J connectivity index is 2.66. The van der Waals surface area contributed by atoms with Crippen LogP contribution in [-0.2, 0) is 4.79 Å². The van der Waals surface area contributed by atoms with Crippen molar-refractivity contribution in [1.29, 1.82) is 0 Å². The fraction of sp³-hybridized carbons (Fsp3) is 0.467. The SMILES string of the molecule is CCC(CCN)CCC(=O)Nc1cc(F)ccc1C(=O)O. The Bertz CT molecular complexity index is 506. The molecule has 0 fully saturated rings. The minimum atomic E-state index is -1.21. The minimum Gasteiger partial charge on any atom is -0.478 e. The van der Waals surface area contributed by atoms with E-state index in [1.807, 2.05) is 6.92 Å². The van der Waals surface area contributed by atoms with Crippen LogP contribution in [0.15, 0.2) is 18.2 Å². The van der Waals surface area contributed by atoms with Crippen molar-refractivity contribution in [3.05, 3.63) is 29.6 Å². The van der Waals surface area contributed by atoms with Gasteiger partial charge in [-0.15, -0.1) is 0 Å². The largest absolute Gasteiger partial charge is 0.478 e. The maximum absolute atomic E-state index is 13.2. The van der Waals surface area contributed by atoms with Crippen molar-refractivity contribution in [3.63, 3.8) is 0 Å². The monoisotopic (exact) mass is 296 g/mol. The van der Waals surface area contributed by atoms with Crippen LogP contribution in [0.1, 0.15) is 43.0 Å². The van der Waals surface area contributed by atoms with E-state index in [1.165, 1.54) is 0 Å². The molecule has 0 bridgehead atoms. The number of carboxylic acids is 1. The fourth-order valence-electron chi connectivity index (χ4n) is 2.14. The van der Waals surface area contributed by atoms with Gasteiger partial charge in [-0.3, -0.25) is 4.79 Å². The molecule has 0 aliphatic carbocycles. The van der Waals surface area contributed by atoms with Crippen LogP contribution < -0.4 is 11.1 Å². The molecule has 1 amide bonds. The second-order valence-electron chi connectivity index (χ2n) is 4.93. The summed E-state index contributed by atoms with van der Waals surface area (Å²) < 4.78 is 13.2. The molecule has 1 aromatic rings. The van der Waals surface area contributed by atoms with Gasteiger partial charge in [0.15, 0.2) is 0 Å². The van der Waals surface area contributed by atoms with E-state index in [4.69, 9.17) is 10.8 Å². The minimum absolute atomic E-state index is 0.0145. The van der Waals surface area contributed by atoms with Gasteiger partial charge < -0.3 is 16.2 Å². The number of carbonyl (C=O) groups excluding carboxylic acids is 1. The number of aromatic carboxylic acids is 1. The lowest BCUT2D eigenvalue weighted by atomic mass is 9.96. The number of hydrogen-bond acceptors (Lipinski definition) is 3. The van der Waals surface area contributed by atoms with Crippen molar-refractivity contribution >= 4 is 17.6 Å². The average molecular weight is 296 g/mol. The Hall–Kier alpha value is -1.95. The molecule has 0 aromatic heterocycles. The maximum atomic E-state index is 13.2. The van der Waals surface area contributed by atoms with Gasteiger partial charge in [0.1, 0.15) is 5.82 Å². The Morgan fingerprint density at radius 2 is 2.10 bits per heavy atom. The Morgan fingerprint density at radius 3 is 2.67 bits per heavy atom. The lowest BCUT2D eigenvalue weighted by molar-refractivity contribution is -0.116. The van der Waals surface area contributed by atoms with E-state index in [0.717, 1.165) is 31.0 Å². The van der Waals surface area contributed by atoms with Crippen molar-refractivity contribution < 1.29 is 19.1 Å². The number of hydrogen-bond donors (Lipinski definition) is 3. The van der Waals surface area contributed by atoms with E-state index in [2.05, 4.69) is 5.32 Å². The first-order valence-electron chi connectivity index (χ1n) is 7.00. The Kier molecular flexibility index (Phi) is 6.81. The molecule has 0 saturated heterocycles. The lowest BCUT2D eigenvalue weighted by Gasteiger charge is -2.14. The van der Waals surface area contributed by atoms with E-state index in [9.17, 15) is 14.0 Å². The molecule has 1 unspecified atom stereocenters. The van der Waals surface area contributed by atoms with Crippen LogP contribution in [0, 0.1) is 11.7 Å². The highest BCUT2D eigenvalue weighted by Crippen LogP contribution is 2.19. The number of rotatable bonds is 8. The summed E-state index contributed by atoms with van der Waals surface area (Å²) in [5.74, 6) is -1.75. The van der Waals surface area contributed by atoms with Gasteiger partial charge in [-0.2, -0.15) is 0 Å². The molecule has 0 saturated carbocycles. The summed E-state index contributed by atoms with van der Waals surface area (Å²) >= 11 is 0. The lowest BCUT2D eigenvalue weighted by Crippen LogP contribution is -2.17. The van der Waals surface area contributed by atoms with Gasteiger partial charge in [0, 0.05) is 6.42 Å². The molecular formula is C15H21FN2O3. The molecule has 1 aromatic carbocycles. The molecule has 0 aliphatic rings. The molecule has 0 radical (unpaired) electrons. The molecule has 0 spiro atoms. The third-order valence-electron chi connectivity index (χ3n) is 3.42. The summed E-state index contributed by atoms with van der Waals surface area (Å²) in [6.07, 6.45) is 2.72. The molecule has 0 aliphatic heterocycles. The van der Waals surface area contributed by atoms with Crippen molar-refractivity contribution in [2.75, 3.05) is 11.9 Å². The number of carboxylic acid groups (broad SMARTS) is 1. The Morgan fingerprint density at radius 1 is 1.38 bits per heavy atom. The molecule has 21 heavy (non-hydrogen) atoms. The van der Waals surface area contributed by atoms with E-state index in [1.54, 1.807) is 0 Å². The second-order valence-corrected chi connectivity index (χ2v) is 4.93. The van der Waals surface area contributed by atoms with Gasteiger partial charge in [-0.1, -0.05) is 13.3 Å². The number of nitrogens with two attached hydrogens (primary N) is 1. The van der Waals surface area contributed by atoms with Crippen molar-refractivity contribution in [1.82, 2.24) is 0 Å². The zero-order chi connectivity index (χ0) is 15.8. The van der Waals surface area contributed by atoms with Crippen molar-refractivity contribution in [3.8, 4) is 0 Å². The van der Waals surface area contributed by atoms with Crippen LogP contribution >= 0.6 is 0 Å². The highest BCUT2D eigenvalue weighted by Gasteiger charge is 2.14. The normalized spacial score (nSPS) is 12.0. The Labute approximate surface area is 123 Å². The first-order valence-corrected chi connectivity index (χ1v) is 7.00. The van der Waals surface area contributed by atoms with Gasteiger partial charge in [-0.05, 0) is 43.5 Å². The first-order chi connectivity index (χ1) is 9.97. The van der Waals surface area contributed by atoms with Crippen LogP contribution in [0.2, 0.25) is 0 Å². The molecule has 116 valence electrons. The standard InChI is InChI=1S/C15H21FN2O3/c1-2-10(7-8-17)3-6-14(19)18-13-9-11(16)4-5-12(13)15(20)21/h4-5,9-10H,2-3,6-8,17H2,1H3,(H,18,19)(H,20,21). The summed E-state index contributed by atoms with van der Waals surface area (Å²) in [4.78, 5) is 22.9. The van der Waals surface area contributed by atoms with Gasteiger partial charge in [0.05, 0.1) is 11.3 Å². The summed E-state index contributed by atoms with van der Waals surface area (Å²) in [5.41, 5.74) is 5.36. The van der Waals surface area contributed by atoms with Crippen molar-refractivity contribution in [2.24, 2.45) is 11.7 Å². The predicted octanol–water partition coefficient (Wildman–Crippen LogP) is 2.62. The van der Waals surface area contributed by atoms with Gasteiger partial charge in [-0.25, -0.2) is 9.18 Å². The average Bonchev–Trinajstić information content (AvgIpc) is 2.43. The van der Waals surface area contributed by atoms with E-state index in [0.29, 0.717) is 18.9 Å². The third-order valence-corrected chi connectivity index (χ3v) is 3.42. The number of halogens is 1. The van der Waals surface area contributed by atoms with Gasteiger partial charge >= 0.3 is 5.97 Å². The number of benzene rings is 1. The van der Waals surface area contributed by atoms with E-state index >= 15 is 0 Å². The summed E-state index contributed by atoms with van der Waals surface area (Å²) in [6.45, 7) is 2.61. The number of carbonyl (C=O) groups is 2. The number of anilines is 1. The summed E-state index contributed by atoms with van der Waals surface area (Å²) in [7, 11) is 0. The van der Waals surface area contributed by atoms with Crippen LogP contribution in [0.25, 0.3) is 0 Å². The predicted molar refractivity (Wildman–Crippen MR) is 78.7 cm³/mol. The highest BCUT2D eigenvalue weighted by atomic mass is 19.1. The zero-order valence-electron chi connectivity index (χ0n) is 12.1. The molecule has 5 nitrogen and oxygen atoms in total. The maximum Gasteiger partial charge on any atom is 0.337 e. The van der Waals surface area contributed by atoms with Gasteiger partial charge in [0.25, 0.3) is 0 Å². The third kappa shape index (κ3) is 5.51. The van der Waals surface area contributed by atoms with Crippen LogP contribution in [0.4, 0.5) is 10.1 Å². The van der Waals surface area contributed by atoms with E-state index < -0.39 is 11.8 Å². The quantitative estimate of drug-likeness (QED) is 0.687. The van der Waals surface area contributed by atoms with Crippen LogP contribution in [-0.4, -0.2) is 23.5 Å². The molecule has 4 N–H and O–H groups in total. The molecule has 1 rings (SSSR count). The van der Waals surface area contributed by atoms with Crippen LogP contribution in [0.3, 0.4) is 0 Å². The molecule has 0 heterocycles. The fourth-order valence-corrected chi connectivity index (χ4v) is 2.14. The van der Waals surface area contributed by atoms with E-state index in [-0.39, 0.29) is 23.6 Å². The molecule has 1 atom stereocenters. The zero-order valence-corrected chi connectivity index (χ0v) is 12.1. The summed E-state index contributed by atoms with van der Waals surface area (Å²) in [6, 6.07) is 3.20. The second kappa shape index (κ2) is 8.36. The first kappa shape index (κ1) is 17.1. The summed E-state index contributed by atoms with van der Waals surface area (Å²) in [5, 5.41) is 11.5. The van der Waals surface area contributed by atoms with Crippen LogP contribution in [0.5, 0.6) is 0 Å². The molecular weight excluding hydrogens is 275 g/mol. The number of amides is 1. The highest BCUT2D eigenvalue weighted by molar-refractivity contribution is 6.00. The molecule has 6 heteroatoms. The van der Waals surface area contributed by atoms with Gasteiger partial charge in [0.2, 0.25) is 5.91 Å².